The van der Waals surface area contributed by atoms with E-state index in [1.807, 2.05) is 20.8 Å². The molecule has 1 saturated heterocycles. The van der Waals surface area contributed by atoms with Gasteiger partial charge >= 0.3 is 0 Å². The number of carbonyl (C=O) groups excluding carboxylic acids is 2. The van der Waals surface area contributed by atoms with Crippen LogP contribution in [0, 0.1) is 23.2 Å². The molecule has 1 aliphatic heterocycles. The second-order valence-electron chi connectivity index (χ2n) is 7.09. The Morgan fingerprint density at radius 3 is 2.06 bits per heavy atom. The second kappa shape index (κ2) is 3.80. The first-order chi connectivity index (χ1) is 8.16. The van der Waals surface area contributed by atoms with Gasteiger partial charge in [0.25, 0.3) is 0 Å². The fraction of sp³-hybridized carbons (Fsp3) is 0.857. The molecule has 0 spiro atoms. The molecule has 2 fully saturated rings. The monoisotopic (exact) mass is 252 g/mol. The van der Waals surface area contributed by atoms with Crippen molar-refractivity contribution in [2.45, 2.75) is 46.6 Å². The molecule has 0 aromatic heterocycles. The minimum atomic E-state index is -0.522. The fourth-order valence-electron chi connectivity index (χ4n) is 3.62. The summed E-state index contributed by atoms with van der Waals surface area (Å²) < 4.78 is 0. The van der Waals surface area contributed by atoms with Gasteiger partial charge in [-0.3, -0.25) is 14.5 Å². The van der Waals surface area contributed by atoms with Gasteiger partial charge in [-0.2, -0.15) is 0 Å². The third-order valence-corrected chi connectivity index (χ3v) is 4.63. The first-order valence-electron chi connectivity index (χ1n) is 6.75. The third-order valence-electron chi connectivity index (χ3n) is 4.63. The normalized spacial score (nSPS) is 32.7. The number of hydrogen-bond acceptors (Lipinski definition) is 3. The molecule has 1 aliphatic carbocycles. The molecule has 0 aromatic carbocycles. The van der Waals surface area contributed by atoms with Gasteiger partial charge in [-0.25, -0.2) is 0 Å². The molecule has 18 heavy (non-hydrogen) atoms. The van der Waals surface area contributed by atoms with Gasteiger partial charge in [-0.05, 0) is 24.7 Å². The van der Waals surface area contributed by atoms with E-state index < -0.39 is 5.54 Å². The molecular formula is C14H24N2O2. The molecule has 4 nitrogen and oxygen atoms in total. The van der Waals surface area contributed by atoms with Crippen molar-refractivity contribution in [1.29, 1.82) is 0 Å². The van der Waals surface area contributed by atoms with E-state index in [9.17, 15) is 9.59 Å². The van der Waals surface area contributed by atoms with Gasteiger partial charge < -0.3 is 5.73 Å². The van der Waals surface area contributed by atoms with Crippen molar-refractivity contribution in [3.8, 4) is 0 Å². The molecule has 3 unspecified atom stereocenters. The van der Waals surface area contributed by atoms with Crippen molar-refractivity contribution in [2.75, 3.05) is 6.54 Å². The predicted molar refractivity (Wildman–Crippen MR) is 69.5 cm³/mol. The van der Waals surface area contributed by atoms with Crippen molar-refractivity contribution in [2.24, 2.45) is 28.9 Å². The minimum absolute atomic E-state index is 0.0106. The lowest BCUT2D eigenvalue weighted by Gasteiger charge is -2.39. The van der Waals surface area contributed by atoms with Crippen LogP contribution >= 0.6 is 0 Å². The van der Waals surface area contributed by atoms with Gasteiger partial charge in [0, 0.05) is 6.54 Å². The van der Waals surface area contributed by atoms with Gasteiger partial charge in [0.15, 0.2) is 0 Å². The Balaban J connectivity index is 2.25. The zero-order valence-corrected chi connectivity index (χ0v) is 12.0. The molecule has 3 atom stereocenters. The summed E-state index contributed by atoms with van der Waals surface area (Å²) in [5, 5.41) is 0. The highest BCUT2D eigenvalue weighted by atomic mass is 16.2. The van der Waals surface area contributed by atoms with E-state index in [1.165, 1.54) is 4.90 Å². The average molecular weight is 252 g/mol. The van der Waals surface area contributed by atoms with Crippen LogP contribution in [0.2, 0.25) is 0 Å². The quantitative estimate of drug-likeness (QED) is 0.769. The lowest BCUT2D eigenvalue weighted by atomic mass is 9.88. The summed E-state index contributed by atoms with van der Waals surface area (Å²) >= 11 is 0. The second-order valence-corrected chi connectivity index (χ2v) is 7.09. The van der Waals surface area contributed by atoms with Gasteiger partial charge in [-0.1, -0.05) is 27.7 Å². The van der Waals surface area contributed by atoms with Crippen LogP contribution in [0.15, 0.2) is 0 Å². The zero-order valence-electron chi connectivity index (χ0n) is 12.0. The first-order valence-corrected chi connectivity index (χ1v) is 6.75. The average Bonchev–Trinajstić information content (AvgIpc) is 2.66. The Kier molecular flexibility index (Phi) is 2.85. The molecule has 0 radical (unpaired) electrons. The number of amides is 2. The maximum absolute atomic E-state index is 12.4. The summed E-state index contributed by atoms with van der Waals surface area (Å²) in [4.78, 5) is 26.3. The van der Waals surface area contributed by atoms with E-state index in [-0.39, 0.29) is 29.1 Å². The number of piperidine rings is 1. The fourth-order valence-corrected chi connectivity index (χ4v) is 3.62. The van der Waals surface area contributed by atoms with Crippen LogP contribution < -0.4 is 5.73 Å². The van der Waals surface area contributed by atoms with Gasteiger partial charge in [-0.15, -0.1) is 0 Å². The van der Waals surface area contributed by atoms with Crippen LogP contribution in [-0.2, 0) is 9.59 Å². The number of rotatable bonds is 4. The molecule has 2 rings (SSSR count). The number of fused-ring (bicyclic) bond motifs is 1. The summed E-state index contributed by atoms with van der Waals surface area (Å²) in [7, 11) is 0. The first kappa shape index (κ1) is 13.5. The molecule has 102 valence electrons. The number of nitrogens with zero attached hydrogens (tertiary/aromatic N) is 1. The van der Waals surface area contributed by atoms with Crippen molar-refractivity contribution >= 4 is 11.8 Å². The van der Waals surface area contributed by atoms with Crippen molar-refractivity contribution < 1.29 is 9.59 Å². The minimum Gasteiger partial charge on any atom is -0.328 e. The van der Waals surface area contributed by atoms with E-state index >= 15 is 0 Å². The SMILES string of the molecule is CC(C)CC(C)(CN)N1C(=O)C2C(C1=O)C2(C)C. The number of imide groups is 1. The third kappa shape index (κ3) is 1.62. The lowest BCUT2D eigenvalue weighted by molar-refractivity contribution is -0.150. The van der Waals surface area contributed by atoms with E-state index in [4.69, 9.17) is 5.73 Å². The molecule has 1 heterocycles. The summed E-state index contributed by atoms with van der Waals surface area (Å²) in [6.07, 6.45) is 0.765. The van der Waals surface area contributed by atoms with E-state index in [2.05, 4.69) is 13.8 Å². The molecular weight excluding hydrogens is 228 g/mol. The van der Waals surface area contributed by atoms with Gasteiger partial charge in [0.05, 0.1) is 17.4 Å². The van der Waals surface area contributed by atoms with Crippen molar-refractivity contribution in [3.05, 3.63) is 0 Å². The molecule has 2 aliphatic rings. The molecule has 0 aromatic rings. The van der Waals surface area contributed by atoms with Gasteiger partial charge in [0.1, 0.15) is 0 Å². The standard InChI is InChI=1S/C14H24N2O2/c1-8(2)6-14(5,7-15)16-11(17)9-10(12(16)18)13(9,3)4/h8-10H,6-7,15H2,1-5H3. The van der Waals surface area contributed by atoms with Crippen LogP contribution in [0.1, 0.15) is 41.0 Å². The smallest absolute Gasteiger partial charge is 0.234 e. The Morgan fingerprint density at radius 2 is 1.72 bits per heavy atom. The highest BCUT2D eigenvalue weighted by molar-refractivity contribution is 6.11. The zero-order chi connectivity index (χ0) is 13.9. The topological polar surface area (TPSA) is 63.4 Å². The largest absolute Gasteiger partial charge is 0.328 e. The van der Waals surface area contributed by atoms with Crippen LogP contribution in [0.5, 0.6) is 0 Å². The highest BCUT2D eigenvalue weighted by Crippen LogP contribution is 2.64. The van der Waals surface area contributed by atoms with E-state index in [1.54, 1.807) is 0 Å². The van der Waals surface area contributed by atoms with Crippen molar-refractivity contribution in [3.63, 3.8) is 0 Å². The van der Waals surface area contributed by atoms with Crippen LogP contribution in [0.25, 0.3) is 0 Å². The highest BCUT2D eigenvalue weighted by Gasteiger charge is 2.74. The Hall–Kier alpha value is -0.900. The number of likely N-dealkylation sites (tertiary alicyclic amines) is 1. The summed E-state index contributed by atoms with van der Waals surface area (Å²) in [6.45, 7) is 10.4. The van der Waals surface area contributed by atoms with E-state index in [0.29, 0.717) is 12.5 Å². The van der Waals surface area contributed by atoms with E-state index in [0.717, 1.165) is 6.42 Å². The lowest BCUT2D eigenvalue weighted by Crippen LogP contribution is -2.57. The Morgan fingerprint density at radius 1 is 1.28 bits per heavy atom. The summed E-state index contributed by atoms with van der Waals surface area (Å²) in [6, 6.07) is 0. The summed E-state index contributed by atoms with van der Waals surface area (Å²) in [5.74, 6) is 0.169. The number of hydrogen-bond donors (Lipinski definition) is 1. The maximum atomic E-state index is 12.4. The Bertz CT molecular complexity index is 379. The predicted octanol–water partition coefficient (Wildman–Crippen LogP) is 1.39. The Labute approximate surface area is 109 Å². The van der Waals surface area contributed by atoms with Gasteiger partial charge in [0.2, 0.25) is 11.8 Å². The van der Waals surface area contributed by atoms with Crippen LogP contribution in [0.4, 0.5) is 0 Å². The summed E-state index contributed by atoms with van der Waals surface area (Å²) in [5.41, 5.74) is 5.18. The van der Waals surface area contributed by atoms with Crippen LogP contribution in [0.3, 0.4) is 0 Å². The van der Waals surface area contributed by atoms with Crippen molar-refractivity contribution in [1.82, 2.24) is 4.90 Å². The molecule has 2 amide bonds. The molecule has 1 saturated carbocycles. The molecule has 2 N–H and O–H groups in total. The number of nitrogens with two attached hydrogens (primary N) is 1. The molecule has 0 bridgehead atoms. The molecule has 4 heteroatoms. The maximum Gasteiger partial charge on any atom is 0.234 e. The van der Waals surface area contributed by atoms with Crippen LogP contribution in [-0.4, -0.2) is 28.8 Å². The number of carbonyl (C=O) groups is 2.